The molecule has 0 atom stereocenters. The van der Waals surface area contributed by atoms with Gasteiger partial charge >= 0.3 is 0 Å². The highest BCUT2D eigenvalue weighted by molar-refractivity contribution is 8.23. The van der Waals surface area contributed by atoms with E-state index in [1.807, 2.05) is 25.1 Å². The first kappa shape index (κ1) is 11.4. The summed E-state index contributed by atoms with van der Waals surface area (Å²) in [4.78, 5) is 7.25. The van der Waals surface area contributed by atoms with Crippen molar-refractivity contribution >= 4 is 28.2 Å². The fraction of sp³-hybridized carbons (Fsp3) is 0.167. The summed E-state index contributed by atoms with van der Waals surface area (Å²) < 4.78 is 0.850. The van der Waals surface area contributed by atoms with Gasteiger partial charge in [0.25, 0.3) is 0 Å². The van der Waals surface area contributed by atoms with Gasteiger partial charge in [0.05, 0.1) is 10.5 Å². The van der Waals surface area contributed by atoms with Crippen LogP contribution < -0.4 is 0 Å². The fourth-order valence-corrected chi connectivity index (χ4v) is 2.57. The molecule has 4 heteroatoms. The van der Waals surface area contributed by atoms with Gasteiger partial charge in [-0.05, 0) is 12.5 Å². The number of nitrogens with zero attached hydrogens (tertiary/aromatic N) is 1. The zero-order valence-corrected chi connectivity index (χ0v) is 10.6. The summed E-state index contributed by atoms with van der Waals surface area (Å²) in [6.45, 7) is 1.98. The number of hydrogen-bond donors (Lipinski definition) is 1. The van der Waals surface area contributed by atoms with Crippen LogP contribution in [0.1, 0.15) is 17.0 Å². The van der Waals surface area contributed by atoms with Crippen molar-refractivity contribution in [2.45, 2.75) is 12.7 Å². The lowest BCUT2D eigenvalue weighted by atomic mass is 10.2. The van der Waals surface area contributed by atoms with Crippen LogP contribution in [0.4, 0.5) is 0 Å². The number of benzene rings is 1. The molecular weight excluding hydrogens is 236 g/mol. The molecule has 0 aliphatic carbocycles. The SMILES string of the molecule is Cc1[nH]cnc1C(=S)SCc1ccccc1. The van der Waals surface area contributed by atoms with E-state index in [9.17, 15) is 0 Å². The molecule has 1 N–H and O–H groups in total. The molecule has 0 radical (unpaired) electrons. The summed E-state index contributed by atoms with van der Waals surface area (Å²) in [5.41, 5.74) is 3.21. The molecule has 1 aromatic carbocycles. The van der Waals surface area contributed by atoms with Crippen LogP contribution in [-0.4, -0.2) is 14.2 Å². The Morgan fingerprint density at radius 2 is 2.12 bits per heavy atom. The smallest absolute Gasteiger partial charge is 0.108 e. The Kier molecular flexibility index (Phi) is 3.74. The third-order valence-electron chi connectivity index (χ3n) is 2.24. The Labute approximate surface area is 104 Å². The second kappa shape index (κ2) is 5.27. The average molecular weight is 248 g/mol. The number of aromatic amines is 1. The quantitative estimate of drug-likeness (QED) is 0.845. The molecule has 82 valence electrons. The van der Waals surface area contributed by atoms with Crippen LogP contribution in [0.15, 0.2) is 36.7 Å². The summed E-state index contributed by atoms with van der Waals surface area (Å²) in [5, 5.41) is 0. The second-order valence-corrected chi connectivity index (χ2v) is 5.09. The Bertz CT molecular complexity index is 477. The molecule has 0 amide bonds. The fourth-order valence-electron chi connectivity index (χ4n) is 1.36. The number of aromatic nitrogens is 2. The number of thiocarbonyl (C=S) groups is 1. The molecule has 16 heavy (non-hydrogen) atoms. The molecule has 0 fully saturated rings. The van der Waals surface area contributed by atoms with Crippen LogP contribution >= 0.6 is 24.0 Å². The van der Waals surface area contributed by atoms with E-state index in [1.165, 1.54) is 5.56 Å². The molecule has 0 aliphatic rings. The maximum atomic E-state index is 5.34. The van der Waals surface area contributed by atoms with Crippen LogP contribution in [0.3, 0.4) is 0 Å². The number of imidazole rings is 1. The van der Waals surface area contributed by atoms with E-state index in [0.717, 1.165) is 21.3 Å². The Morgan fingerprint density at radius 1 is 1.38 bits per heavy atom. The van der Waals surface area contributed by atoms with Crippen molar-refractivity contribution in [2.24, 2.45) is 0 Å². The van der Waals surface area contributed by atoms with Crippen LogP contribution in [0.2, 0.25) is 0 Å². The van der Waals surface area contributed by atoms with Gasteiger partial charge in [-0.15, -0.1) is 11.8 Å². The number of aryl methyl sites for hydroxylation is 1. The van der Waals surface area contributed by atoms with Gasteiger partial charge in [-0.1, -0.05) is 42.5 Å². The van der Waals surface area contributed by atoms with E-state index < -0.39 is 0 Å². The summed E-state index contributed by atoms with van der Waals surface area (Å²) in [5.74, 6) is 0.895. The van der Waals surface area contributed by atoms with Gasteiger partial charge in [-0.25, -0.2) is 4.98 Å². The first-order valence-electron chi connectivity index (χ1n) is 4.98. The van der Waals surface area contributed by atoms with Crippen LogP contribution in [0, 0.1) is 6.92 Å². The molecule has 0 saturated carbocycles. The molecule has 0 saturated heterocycles. The monoisotopic (exact) mass is 248 g/mol. The Morgan fingerprint density at radius 3 is 2.75 bits per heavy atom. The summed E-state index contributed by atoms with van der Waals surface area (Å²) in [6, 6.07) is 10.3. The molecule has 0 unspecified atom stereocenters. The maximum Gasteiger partial charge on any atom is 0.108 e. The van der Waals surface area contributed by atoms with E-state index in [4.69, 9.17) is 12.2 Å². The lowest BCUT2D eigenvalue weighted by molar-refractivity contribution is 1.25. The molecule has 2 rings (SSSR count). The van der Waals surface area contributed by atoms with Gasteiger partial charge in [-0.2, -0.15) is 0 Å². The topological polar surface area (TPSA) is 28.7 Å². The van der Waals surface area contributed by atoms with E-state index in [0.29, 0.717) is 0 Å². The summed E-state index contributed by atoms with van der Waals surface area (Å²) in [6.07, 6.45) is 1.68. The highest BCUT2D eigenvalue weighted by Gasteiger charge is 2.08. The highest BCUT2D eigenvalue weighted by atomic mass is 32.2. The van der Waals surface area contributed by atoms with Crippen molar-refractivity contribution in [3.05, 3.63) is 53.6 Å². The van der Waals surface area contributed by atoms with Gasteiger partial charge in [0.1, 0.15) is 5.69 Å². The van der Waals surface area contributed by atoms with Crippen molar-refractivity contribution in [1.82, 2.24) is 9.97 Å². The summed E-state index contributed by atoms with van der Waals surface area (Å²) >= 11 is 6.99. The second-order valence-electron chi connectivity index (χ2n) is 3.44. The van der Waals surface area contributed by atoms with Gasteiger partial charge in [0.2, 0.25) is 0 Å². The van der Waals surface area contributed by atoms with Gasteiger partial charge in [0, 0.05) is 11.4 Å². The van der Waals surface area contributed by atoms with Crippen molar-refractivity contribution < 1.29 is 0 Å². The van der Waals surface area contributed by atoms with Gasteiger partial charge in [0.15, 0.2) is 0 Å². The van der Waals surface area contributed by atoms with Crippen LogP contribution in [-0.2, 0) is 5.75 Å². The predicted octanol–water partition coefficient (Wildman–Crippen LogP) is 3.33. The van der Waals surface area contributed by atoms with Crippen LogP contribution in [0.5, 0.6) is 0 Å². The first-order chi connectivity index (χ1) is 7.77. The zero-order chi connectivity index (χ0) is 11.4. The lowest BCUT2D eigenvalue weighted by Gasteiger charge is -2.02. The third kappa shape index (κ3) is 2.71. The minimum absolute atomic E-state index is 0.850. The number of H-pyrrole nitrogens is 1. The Balaban J connectivity index is 1.97. The summed E-state index contributed by atoms with van der Waals surface area (Å²) in [7, 11) is 0. The van der Waals surface area contributed by atoms with E-state index in [1.54, 1.807) is 18.1 Å². The van der Waals surface area contributed by atoms with Crippen molar-refractivity contribution in [3.8, 4) is 0 Å². The number of rotatable bonds is 3. The zero-order valence-electron chi connectivity index (χ0n) is 8.93. The molecule has 2 aromatic rings. The van der Waals surface area contributed by atoms with Crippen molar-refractivity contribution in [2.75, 3.05) is 0 Å². The molecule has 1 aromatic heterocycles. The normalized spacial score (nSPS) is 10.3. The van der Waals surface area contributed by atoms with Crippen molar-refractivity contribution in [1.29, 1.82) is 0 Å². The number of nitrogens with one attached hydrogen (secondary N) is 1. The van der Waals surface area contributed by atoms with Crippen LogP contribution in [0.25, 0.3) is 0 Å². The van der Waals surface area contributed by atoms with Gasteiger partial charge in [-0.3, -0.25) is 0 Å². The molecular formula is C12H12N2S2. The molecule has 2 nitrogen and oxygen atoms in total. The van der Waals surface area contributed by atoms with Crippen molar-refractivity contribution in [3.63, 3.8) is 0 Å². The average Bonchev–Trinajstić information content (AvgIpc) is 2.74. The minimum Gasteiger partial charge on any atom is -0.348 e. The number of thioether (sulfide) groups is 1. The first-order valence-corrected chi connectivity index (χ1v) is 6.38. The molecule has 1 heterocycles. The third-order valence-corrected chi connectivity index (χ3v) is 3.72. The standard InChI is InChI=1S/C12H12N2S2/c1-9-11(14-8-13-9)12(15)16-7-10-5-3-2-4-6-10/h2-6,8H,7H2,1H3,(H,13,14). The minimum atomic E-state index is 0.850. The number of hydrogen-bond acceptors (Lipinski definition) is 3. The molecule has 0 aliphatic heterocycles. The largest absolute Gasteiger partial charge is 0.348 e. The predicted molar refractivity (Wildman–Crippen MR) is 72.8 cm³/mol. The Hall–Kier alpha value is -1.13. The van der Waals surface area contributed by atoms with E-state index in [2.05, 4.69) is 22.1 Å². The molecule has 0 spiro atoms. The highest BCUT2D eigenvalue weighted by Crippen LogP contribution is 2.19. The van der Waals surface area contributed by atoms with Gasteiger partial charge < -0.3 is 4.98 Å². The molecule has 0 bridgehead atoms. The maximum absolute atomic E-state index is 5.34. The van der Waals surface area contributed by atoms with E-state index >= 15 is 0 Å². The lowest BCUT2D eigenvalue weighted by Crippen LogP contribution is -1.95. The van der Waals surface area contributed by atoms with E-state index in [-0.39, 0.29) is 0 Å².